The van der Waals surface area contributed by atoms with E-state index in [4.69, 9.17) is 45.9 Å². The first-order valence-electron chi connectivity index (χ1n) is 8.48. The van der Waals surface area contributed by atoms with Gasteiger partial charge < -0.3 is 15.8 Å². The highest BCUT2D eigenvalue weighted by molar-refractivity contribution is 7.80. The first-order chi connectivity index (χ1) is 13.3. The normalized spacial score (nSPS) is 12.8. The number of benzene rings is 1. The number of ether oxygens (including phenoxy) is 1. The molecule has 0 radical (unpaired) electrons. The summed E-state index contributed by atoms with van der Waals surface area (Å²) in [7, 11) is 0. The van der Waals surface area contributed by atoms with E-state index in [9.17, 15) is 9.59 Å². The fourth-order valence-electron chi connectivity index (χ4n) is 2.95. The number of halogens is 2. The fourth-order valence-corrected chi connectivity index (χ4v) is 4.99. The lowest BCUT2D eigenvalue weighted by Gasteiger charge is -2.12. The number of carbonyl (C=O) groups is 2. The molecular formula is C18H17Cl2N3O3S2. The minimum atomic E-state index is -0.503. The lowest BCUT2D eigenvalue weighted by Crippen LogP contribution is -2.37. The van der Waals surface area contributed by atoms with Crippen LogP contribution in [-0.2, 0) is 17.6 Å². The van der Waals surface area contributed by atoms with Crippen molar-refractivity contribution in [3.05, 3.63) is 44.2 Å². The maximum absolute atomic E-state index is 12.1. The molecule has 3 rings (SSSR count). The molecule has 0 spiro atoms. The predicted molar refractivity (Wildman–Crippen MR) is 116 cm³/mol. The minimum Gasteiger partial charge on any atom is -0.482 e. The summed E-state index contributed by atoms with van der Waals surface area (Å²) in [6.45, 7) is -0.285. The summed E-state index contributed by atoms with van der Waals surface area (Å²) in [5.74, 6) is -0.635. The van der Waals surface area contributed by atoms with Gasteiger partial charge in [0.15, 0.2) is 11.7 Å². The molecule has 0 aliphatic heterocycles. The number of fused-ring (bicyclic) bond motifs is 1. The number of hydrogen-bond donors (Lipinski definition) is 3. The van der Waals surface area contributed by atoms with E-state index in [-0.39, 0.29) is 11.7 Å². The van der Waals surface area contributed by atoms with Crippen molar-refractivity contribution in [3.8, 4) is 5.75 Å². The van der Waals surface area contributed by atoms with Gasteiger partial charge in [-0.25, -0.2) is 0 Å². The van der Waals surface area contributed by atoms with Gasteiger partial charge in [0.05, 0.1) is 10.6 Å². The van der Waals surface area contributed by atoms with Gasteiger partial charge in [-0.2, -0.15) is 0 Å². The molecule has 1 heterocycles. The number of aryl methyl sites for hydroxylation is 1. The molecule has 1 aliphatic rings. The average Bonchev–Trinajstić information content (AvgIpc) is 2.98. The largest absolute Gasteiger partial charge is 0.482 e. The molecule has 10 heteroatoms. The third-order valence-corrected chi connectivity index (χ3v) is 6.09. The second kappa shape index (κ2) is 9.09. The molecule has 1 aromatic heterocycles. The first-order valence-corrected chi connectivity index (χ1v) is 10.5. The Kier molecular flexibility index (Phi) is 6.77. The van der Waals surface area contributed by atoms with Crippen molar-refractivity contribution in [1.29, 1.82) is 0 Å². The SMILES string of the molecule is NC(=O)c1c(NC(=S)NC(=O)COc2ccc(Cl)cc2Cl)sc2c1CCCC2. The predicted octanol–water partition coefficient (Wildman–Crippen LogP) is 3.92. The summed E-state index contributed by atoms with van der Waals surface area (Å²) in [6, 6.07) is 4.70. The molecule has 0 bridgehead atoms. The van der Waals surface area contributed by atoms with E-state index in [1.54, 1.807) is 12.1 Å². The Morgan fingerprint density at radius 3 is 2.71 bits per heavy atom. The zero-order chi connectivity index (χ0) is 20.3. The second-order valence-electron chi connectivity index (χ2n) is 6.14. The van der Waals surface area contributed by atoms with Gasteiger partial charge in [0.1, 0.15) is 10.8 Å². The molecule has 6 nitrogen and oxygen atoms in total. The Morgan fingerprint density at radius 2 is 2.00 bits per heavy atom. The van der Waals surface area contributed by atoms with Crippen molar-refractivity contribution in [2.75, 3.05) is 11.9 Å². The Bertz CT molecular complexity index is 946. The summed E-state index contributed by atoms with van der Waals surface area (Å²) < 4.78 is 5.37. The van der Waals surface area contributed by atoms with Crippen molar-refractivity contribution < 1.29 is 14.3 Å². The zero-order valence-corrected chi connectivity index (χ0v) is 17.8. The molecule has 0 saturated carbocycles. The minimum absolute atomic E-state index is 0.0666. The third kappa shape index (κ3) is 4.94. The van der Waals surface area contributed by atoms with Crippen LogP contribution in [-0.4, -0.2) is 23.5 Å². The topological polar surface area (TPSA) is 93.5 Å². The van der Waals surface area contributed by atoms with Crippen LogP contribution < -0.4 is 21.1 Å². The Balaban J connectivity index is 1.60. The number of hydrogen-bond acceptors (Lipinski definition) is 5. The molecule has 4 N–H and O–H groups in total. The molecule has 1 aromatic carbocycles. The quantitative estimate of drug-likeness (QED) is 0.591. The van der Waals surface area contributed by atoms with Gasteiger partial charge in [-0.15, -0.1) is 11.3 Å². The van der Waals surface area contributed by atoms with Gasteiger partial charge in [-0.3, -0.25) is 14.9 Å². The van der Waals surface area contributed by atoms with Crippen LogP contribution in [0, 0.1) is 0 Å². The molecule has 148 valence electrons. The van der Waals surface area contributed by atoms with E-state index in [1.807, 2.05) is 0 Å². The van der Waals surface area contributed by atoms with Crippen molar-refractivity contribution in [1.82, 2.24) is 5.32 Å². The fraction of sp³-hybridized carbons (Fsp3) is 0.278. The number of primary amides is 1. The Morgan fingerprint density at radius 1 is 1.25 bits per heavy atom. The van der Waals surface area contributed by atoms with Gasteiger partial charge in [0.2, 0.25) is 0 Å². The highest BCUT2D eigenvalue weighted by Gasteiger charge is 2.24. The van der Waals surface area contributed by atoms with Gasteiger partial charge in [-0.1, -0.05) is 23.2 Å². The van der Waals surface area contributed by atoms with Gasteiger partial charge in [-0.05, 0) is 61.7 Å². The molecule has 2 aromatic rings. The van der Waals surface area contributed by atoms with Crippen molar-refractivity contribution in [2.24, 2.45) is 5.73 Å². The van der Waals surface area contributed by atoms with E-state index in [1.165, 1.54) is 17.4 Å². The monoisotopic (exact) mass is 457 g/mol. The number of carbonyl (C=O) groups excluding carboxylic acids is 2. The van der Waals surface area contributed by atoms with E-state index < -0.39 is 11.8 Å². The first kappa shape index (κ1) is 20.9. The second-order valence-corrected chi connectivity index (χ2v) is 8.50. The number of thiophene rings is 1. The number of nitrogens with one attached hydrogen (secondary N) is 2. The summed E-state index contributed by atoms with van der Waals surface area (Å²) >= 11 is 18.5. The molecule has 0 saturated heterocycles. The van der Waals surface area contributed by atoms with Crippen LogP contribution in [0.2, 0.25) is 10.0 Å². The highest BCUT2D eigenvalue weighted by Crippen LogP contribution is 2.37. The van der Waals surface area contributed by atoms with E-state index in [0.717, 1.165) is 36.1 Å². The molecule has 1 aliphatic carbocycles. The molecule has 0 fully saturated rings. The van der Waals surface area contributed by atoms with Crippen molar-refractivity contribution in [3.63, 3.8) is 0 Å². The summed E-state index contributed by atoms with van der Waals surface area (Å²) in [5, 5.41) is 6.83. The third-order valence-electron chi connectivity index (χ3n) is 4.15. The van der Waals surface area contributed by atoms with Gasteiger partial charge in [0, 0.05) is 9.90 Å². The summed E-state index contributed by atoms with van der Waals surface area (Å²) in [6.07, 6.45) is 3.84. The molecule has 0 unspecified atom stereocenters. The van der Waals surface area contributed by atoms with Crippen LogP contribution in [0.5, 0.6) is 5.75 Å². The average molecular weight is 458 g/mol. The van der Waals surface area contributed by atoms with Crippen LogP contribution in [0.1, 0.15) is 33.6 Å². The van der Waals surface area contributed by atoms with Gasteiger partial charge >= 0.3 is 0 Å². The van der Waals surface area contributed by atoms with Crippen LogP contribution in [0.4, 0.5) is 5.00 Å². The van der Waals surface area contributed by atoms with Crippen LogP contribution in [0.25, 0.3) is 0 Å². The van der Waals surface area contributed by atoms with Crippen molar-refractivity contribution >= 4 is 68.7 Å². The lowest BCUT2D eigenvalue weighted by atomic mass is 9.95. The Labute approximate surface area is 181 Å². The number of anilines is 1. The maximum Gasteiger partial charge on any atom is 0.264 e. The smallest absolute Gasteiger partial charge is 0.264 e. The molecule has 28 heavy (non-hydrogen) atoms. The summed E-state index contributed by atoms with van der Waals surface area (Å²) in [5.41, 5.74) is 7.00. The standard InChI is InChI=1S/C18H17Cl2N3O3S2/c19-9-5-6-12(11(20)7-9)26-8-14(24)22-18(27)23-17-15(16(21)25)10-3-1-2-4-13(10)28-17/h5-7H,1-4,8H2,(H2,21,25)(H2,22,23,24,27). The molecule has 2 amide bonds. The van der Waals surface area contributed by atoms with Crippen LogP contribution in [0.3, 0.4) is 0 Å². The summed E-state index contributed by atoms with van der Waals surface area (Å²) in [4.78, 5) is 25.1. The number of amides is 2. The van der Waals surface area contributed by atoms with Crippen LogP contribution >= 0.6 is 46.8 Å². The number of rotatable bonds is 5. The van der Waals surface area contributed by atoms with Gasteiger partial charge in [0.25, 0.3) is 11.8 Å². The molecular weight excluding hydrogens is 441 g/mol. The maximum atomic E-state index is 12.1. The molecule has 0 atom stereocenters. The number of thiocarbonyl (C=S) groups is 1. The number of nitrogens with two attached hydrogens (primary N) is 1. The highest BCUT2D eigenvalue weighted by atomic mass is 35.5. The lowest BCUT2D eigenvalue weighted by molar-refractivity contribution is -0.121. The van der Waals surface area contributed by atoms with E-state index in [2.05, 4.69) is 10.6 Å². The van der Waals surface area contributed by atoms with Crippen molar-refractivity contribution in [2.45, 2.75) is 25.7 Å². The Hall–Kier alpha value is -1.87. The zero-order valence-electron chi connectivity index (χ0n) is 14.6. The van der Waals surface area contributed by atoms with E-state index >= 15 is 0 Å². The van der Waals surface area contributed by atoms with Crippen LogP contribution in [0.15, 0.2) is 18.2 Å². The van der Waals surface area contributed by atoms with E-state index in [0.29, 0.717) is 26.4 Å².